The zero-order valence-corrected chi connectivity index (χ0v) is 11.9. The van der Waals surface area contributed by atoms with Crippen molar-refractivity contribution in [1.29, 1.82) is 0 Å². The molecule has 0 radical (unpaired) electrons. The van der Waals surface area contributed by atoms with Gasteiger partial charge in [-0.15, -0.1) is 0 Å². The fourth-order valence-corrected chi connectivity index (χ4v) is 2.06. The molecule has 0 aliphatic heterocycles. The number of nitrogens with zero attached hydrogens (tertiary/aromatic N) is 3. The highest BCUT2D eigenvalue weighted by Crippen LogP contribution is 2.14. The van der Waals surface area contributed by atoms with Crippen molar-refractivity contribution in [3.05, 3.63) is 18.0 Å². The molecule has 1 N–H and O–H groups in total. The maximum absolute atomic E-state index is 4.22. The van der Waals surface area contributed by atoms with Crippen LogP contribution in [0.2, 0.25) is 0 Å². The number of hydrogen-bond acceptors (Lipinski definition) is 3. The molecule has 1 heterocycles. The number of likely N-dealkylation sites (N-methyl/N-ethyl adjacent to an activating group) is 1. The maximum Gasteiger partial charge on any atom is 0.0547 e. The molecule has 0 aliphatic rings. The number of rotatable bonds is 6. The van der Waals surface area contributed by atoms with Crippen LogP contribution in [0.25, 0.3) is 0 Å². The van der Waals surface area contributed by atoms with E-state index in [-0.39, 0.29) is 0 Å². The Morgan fingerprint density at radius 3 is 2.41 bits per heavy atom. The van der Waals surface area contributed by atoms with Crippen LogP contribution < -0.4 is 5.32 Å². The molecule has 0 aliphatic carbocycles. The quantitative estimate of drug-likeness (QED) is 0.818. The van der Waals surface area contributed by atoms with Gasteiger partial charge in [-0.3, -0.25) is 4.68 Å². The van der Waals surface area contributed by atoms with Crippen LogP contribution in [-0.4, -0.2) is 41.4 Å². The molecular weight excluding hydrogens is 212 g/mol. The minimum Gasteiger partial charge on any atom is -0.308 e. The summed E-state index contributed by atoms with van der Waals surface area (Å²) in [6.07, 6.45) is 1.85. The molecule has 4 heteroatoms. The van der Waals surface area contributed by atoms with E-state index in [2.05, 4.69) is 56.2 Å². The van der Waals surface area contributed by atoms with Crippen LogP contribution in [0, 0.1) is 5.92 Å². The summed E-state index contributed by atoms with van der Waals surface area (Å²) in [5.41, 5.74) is 1.23. The van der Waals surface area contributed by atoms with Gasteiger partial charge in [0.2, 0.25) is 0 Å². The first-order valence-corrected chi connectivity index (χ1v) is 6.30. The molecule has 0 saturated heterocycles. The highest BCUT2D eigenvalue weighted by atomic mass is 15.3. The van der Waals surface area contributed by atoms with Gasteiger partial charge < -0.3 is 10.2 Å². The predicted molar refractivity (Wildman–Crippen MR) is 71.9 cm³/mol. The summed E-state index contributed by atoms with van der Waals surface area (Å²) in [5, 5.41) is 7.91. The van der Waals surface area contributed by atoms with Gasteiger partial charge in [0.25, 0.3) is 0 Å². The Morgan fingerprint density at radius 2 is 2.00 bits per heavy atom. The fraction of sp³-hybridized carbons (Fsp3) is 0.769. The van der Waals surface area contributed by atoms with Crippen LogP contribution in [0.4, 0.5) is 0 Å². The Morgan fingerprint density at radius 1 is 1.35 bits per heavy atom. The average molecular weight is 238 g/mol. The number of aryl methyl sites for hydroxylation is 1. The van der Waals surface area contributed by atoms with Crippen molar-refractivity contribution in [2.75, 3.05) is 20.6 Å². The SMILES string of the molecule is CC(NC(CN(C)C)C(C)C)c1ccnn1C. The summed E-state index contributed by atoms with van der Waals surface area (Å²) in [5.74, 6) is 0.619. The third-order valence-electron chi connectivity index (χ3n) is 3.13. The summed E-state index contributed by atoms with van der Waals surface area (Å²) in [4.78, 5) is 2.23. The second-order valence-corrected chi connectivity index (χ2v) is 5.38. The first-order chi connectivity index (χ1) is 7.91. The highest BCUT2D eigenvalue weighted by molar-refractivity contribution is 5.05. The van der Waals surface area contributed by atoms with E-state index in [1.54, 1.807) is 0 Å². The van der Waals surface area contributed by atoms with Crippen LogP contribution in [0.5, 0.6) is 0 Å². The molecule has 0 amide bonds. The fourth-order valence-electron chi connectivity index (χ4n) is 2.06. The monoisotopic (exact) mass is 238 g/mol. The van der Waals surface area contributed by atoms with Gasteiger partial charge in [0.1, 0.15) is 0 Å². The van der Waals surface area contributed by atoms with Gasteiger partial charge in [-0.05, 0) is 33.0 Å². The van der Waals surface area contributed by atoms with E-state index in [1.807, 2.05) is 17.9 Å². The smallest absolute Gasteiger partial charge is 0.0547 e. The Labute approximate surface area is 105 Å². The Bertz CT molecular complexity index is 330. The van der Waals surface area contributed by atoms with Gasteiger partial charge in [-0.1, -0.05) is 13.8 Å². The zero-order valence-electron chi connectivity index (χ0n) is 11.9. The first kappa shape index (κ1) is 14.2. The second kappa shape index (κ2) is 6.17. The van der Waals surface area contributed by atoms with Gasteiger partial charge in [0, 0.05) is 31.9 Å². The lowest BCUT2D eigenvalue weighted by Crippen LogP contribution is -2.43. The molecule has 2 atom stereocenters. The van der Waals surface area contributed by atoms with E-state index >= 15 is 0 Å². The van der Waals surface area contributed by atoms with Gasteiger partial charge in [0.15, 0.2) is 0 Å². The summed E-state index contributed by atoms with van der Waals surface area (Å²) in [6.45, 7) is 7.77. The average Bonchev–Trinajstić information content (AvgIpc) is 2.62. The van der Waals surface area contributed by atoms with Crippen molar-refractivity contribution in [2.24, 2.45) is 13.0 Å². The summed E-state index contributed by atoms with van der Waals surface area (Å²) < 4.78 is 1.94. The van der Waals surface area contributed by atoms with Crippen molar-refractivity contribution in [3.8, 4) is 0 Å². The number of nitrogens with one attached hydrogen (secondary N) is 1. The Balaban J connectivity index is 2.64. The Hall–Kier alpha value is -0.870. The highest BCUT2D eigenvalue weighted by Gasteiger charge is 2.18. The normalized spacial score (nSPS) is 15.5. The molecule has 17 heavy (non-hydrogen) atoms. The second-order valence-electron chi connectivity index (χ2n) is 5.38. The van der Waals surface area contributed by atoms with Crippen LogP contribution in [-0.2, 0) is 7.05 Å². The minimum absolute atomic E-state index is 0.329. The van der Waals surface area contributed by atoms with Gasteiger partial charge in [-0.25, -0.2) is 0 Å². The van der Waals surface area contributed by atoms with E-state index < -0.39 is 0 Å². The molecule has 0 bridgehead atoms. The first-order valence-electron chi connectivity index (χ1n) is 6.30. The minimum atomic E-state index is 0.329. The van der Waals surface area contributed by atoms with Gasteiger partial charge >= 0.3 is 0 Å². The summed E-state index contributed by atoms with van der Waals surface area (Å²) in [6, 6.07) is 2.90. The third kappa shape index (κ3) is 4.13. The maximum atomic E-state index is 4.22. The zero-order chi connectivity index (χ0) is 13.0. The van der Waals surface area contributed by atoms with E-state index in [0.717, 1.165) is 6.54 Å². The lowest BCUT2D eigenvalue weighted by Gasteiger charge is -2.29. The lowest BCUT2D eigenvalue weighted by atomic mass is 10.0. The molecule has 1 aromatic heterocycles. The predicted octanol–water partition coefficient (Wildman–Crippen LogP) is 1.66. The van der Waals surface area contributed by atoms with E-state index in [0.29, 0.717) is 18.0 Å². The molecule has 0 aromatic carbocycles. The molecule has 4 nitrogen and oxygen atoms in total. The molecule has 98 valence electrons. The van der Waals surface area contributed by atoms with Crippen molar-refractivity contribution >= 4 is 0 Å². The number of hydrogen-bond donors (Lipinski definition) is 1. The summed E-state index contributed by atoms with van der Waals surface area (Å²) in [7, 11) is 6.22. The van der Waals surface area contributed by atoms with Gasteiger partial charge in [-0.2, -0.15) is 5.10 Å². The van der Waals surface area contributed by atoms with Crippen LogP contribution >= 0.6 is 0 Å². The van der Waals surface area contributed by atoms with Crippen LogP contribution in [0.15, 0.2) is 12.3 Å². The van der Waals surface area contributed by atoms with Crippen LogP contribution in [0.1, 0.15) is 32.5 Å². The summed E-state index contributed by atoms with van der Waals surface area (Å²) >= 11 is 0. The molecule has 0 fully saturated rings. The van der Waals surface area contributed by atoms with Crippen molar-refractivity contribution in [1.82, 2.24) is 20.0 Å². The van der Waals surface area contributed by atoms with Crippen LogP contribution in [0.3, 0.4) is 0 Å². The molecule has 0 saturated carbocycles. The van der Waals surface area contributed by atoms with E-state index in [4.69, 9.17) is 0 Å². The standard InChI is InChI=1S/C13H26N4/c1-10(2)12(9-16(4)5)15-11(3)13-7-8-14-17(13)6/h7-8,10-12,15H,9H2,1-6H3. The lowest BCUT2D eigenvalue weighted by molar-refractivity contribution is 0.270. The molecule has 1 rings (SSSR count). The molecule has 0 spiro atoms. The van der Waals surface area contributed by atoms with Crippen molar-refractivity contribution in [3.63, 3.8) is 0 Å². The largest absolute Gasteiger partial charge is 0.308 e. The third-order valence-corrected chi connectivity index (χ3v) is 3.13. The van der Waals surface area contributed by atoms with Crippen molar-refractivity contribution < 1.29 is 0 Å². The Kier molecular flexibility index (Phi) is 5.15. The molecule has 1 aromatic rings. The van der Waals surface area contributed by atoms with E-state index in [9.17, 15) is 0 Å². The van der Waals surface area contributed by atoms with Gasteiger partial charge in [0.05, 0.1) is 5.69 Å². The van der Waals surface area contributed by atoms with E-state index in [1.165, 1.54) is 5.69 Å². The number of aromatic nitrogens is 2. The van der Waals surface area contributed by atoms with Crippen molar-refractivity contribution in [2.45, 2.75) is 32.9 Å². The molecular formula is C13H26N4. The topological polar surface area (TPSA) is 33.1 Å². The molecule has 2 unspecified atom stereocenters.